The van der Waals surface area contributed by atoms with Gasteiger partial charge < -0.3 is 9.64 Å². The predicted octanol–water partition coefficient (Wildman–Crippen LogP) is 4.93. The maximum atomic E-state index is 13.4. The molecule has 1 atom stereocenters. The summed E-state index contributed by atoms with van der Waals surface area (Å²) >= 11 is 8.82. The molecule has 0 saturated heterocycles. The summed E-state index contributed by atoms with van der Waals surface area (Å²) < 4.78 is 45.4. The number of alkyl halides is 3. The average molecular weight is 410 g/mol. The van der Waals surface area contributed by atoms with Crippen LogP contribution in [0.1, 0.15) is 18.9 Å². The van der Waals surface area contributed by atoms with Crippen molar-refractivity contribution in [3.63, 3.8) is 0 Å². The maximum Gasteiger partial charge on any atom is 0.432 e. The zero-order chi connectivity index (χ0) is 17.3. The molecule has 0 radical (unpaired) electrons. The normalized spacial score (nSPS) is 21.7. The first-order valence-electron chi connectivity index (χ1n) is 6.74. The molecular weight excluding hydrogens is 397 g/mol. The molecule has 0 spiro atoms. The van der Waals surface area contributed by atoms with Crippen LogP contribution in [0.3, 0.4) is 0 Å². The van der Waals surface area contributed by atoms with E-state index in [0.29, 0.717) is 10.6 Å². The minimum absolute atomic E-state index is 0.0683. The third-order valence-electron chi connectivity index (χ3n) is 3.60. The molecule has 8 heteroatoms. The molecular formula is C15H13BrClF3N2O. The van der Waals surface area contributed by atoms with Crippen LogP contribution in [-0.4, -0.2) is 24.4 Å². The number of nitriles is 1. The summed E-state index contributed by atoms with van der Waals surface area (Å²) in [6.45, 7) is 1.58. The second kappa shape index (κ2) is 6.71. The van der Waals surface area contributed by atoms with Gasteiger partial charge in [0.05, 0.1) is 6.07 Å². The fourth-order valence-corrected chi connectivity index (χ4v) is 3.52. The van der Waals surface area contributed by atoms with Gasteiger partial charge in [0.15, 0.2) is 5.54 Å². The number of allylic oxidation sites excluding steroid dienone is 1. The largest absolute Gasteiger partial charge is 0.432 e. The van der Waals surface area contributed by atoms with Gasteiger partial charge in [0.1, 0.15) is 12.4 Å². The van der Waals surface area contributed by atoms with Crippen molar-refractivity contribution in [3.05, 3.63) is 45.0 Å². The summed E-state index contributed by atoms with van der Waals surface area (Å²) in [5.41, 5.74) is -1.95. The van der Waals surface area contributed by atoms with Crippen molar-refractivity contribution in [1.29, 1.82) is 5.26 Å². The van der Waals surface area contributed by atoms with E-state index in [1.54, 1.807) is 31.2 Å². The van der Waals surface area contributed by atoms with Crippen molar-refractivity contribution in [2.45, 2.75) is 25.1 Å². The number of hydrogen-bond donors (Lipinski definition) is 0. The quantitative estimate of drug-likeness (QED) is 0.708. The van der Waals surface area contributed by atoms with Crippen molar-refractivity contribution >= 4 is 27.5 Å². The smallest absolute Gasteiger partial charge is 0.361 e. The van der Waals surface area contributed by atoms with E-state index in [1.807, 2.05) is 6.07 Å². The number of rotatable bonds is 4. The Balaban J connectivity index is 2.55. The van der Waals surface area contributed by atoms with E-state index in [0.717, 1.165) is 4.90 Å². The third kappa shape index (κ3) is 3.35. The Labute approximate surface area is 145 Å². The van der Waals surface area contributed by atoms with E-state index < -0.39 is 17.4 Å². The van der Waals surface area contributed by atoms with Gasteiger partial charge in [-0.2, -0.15) is 18.4 Å². The summed E-state index contributed by atoms with van der Waals surface area (Å²) in [5.74, 6) is 0. The topological polar surface area (TPSA) is 36.3 Å². The van der Waals surface area contributed by atoms with Gasteiger partial charge in [-0.3, -0.25) is 0 Å². The molecule has 0 amide bonds. The molecule has 1 aliphatic rings. The lowest BCUT2D eigenvalue weighted by atomic mass is 9.89. The number of hydrogen-bond acceptors (Lipinski definition) is 3. The molecule has 3 nitrogen and oxygen atoms in total. The minimum atomic E-state index is -4.60. The Morgan fingerprint density at radius 3 is 2.48 bits per heavy atom. The predicted molar refractivity (Wildman–Crippen MR) is 83.7 cm³/mol. The number of nitrogens with zero attached hydrogens (tertiary/aromatic N) is 2. The van der Waals surface area contributed by atoms with Crippen LogP contribution in [0.2, 0.25) is 5.02 Å². The lowest BCUT2D eigenvalue weighted by Gasteiger charge is -2.36. The fourth-order valence-electron chi connectivity index (χ4n) is 2.55. The molecule has 0 fully saturated rings. The molecule has 1 aliphatic heterocycles. The first-order valence-corrected chi connectivity index (χ1v) is 7.92. The van der Waals surface area contributed by atoms with Gasteiger partial charge in [-0.05, 0) is 24.6 Å². The molecule has 0 bridgehead atoms. The Morgan fingerprint density at radius 2 is 2.00 bits per heavy atom. The number of benzene rings is 1. The molecule has 0 N–H and O–H groups in total. The summed E-state index contributed by atoms with van der Waals surface area (Å²) in [6, 6.07) is 8.25. The standard InChI is InChI=1S/C15H13BrClF3N2O/c1-2-23-9-22-13(15(18,19)20)12(16)7-14(22,8-21)10-3-5-11(17)6-4-10/h3-6H,2,7,9H2,1H3. The first kappa shape index (κ1) is 18.1. The zero-order valence-electron chi connectivity index (χ0n) is 12.1. The van der Waals surface area contributed by atoms with Crippen LogP contribution in [-0.2, 0) is 10.3 Å². The highest BCUT2D eigenvalue weighted by Crippen LogP contribution is 2.51. The van der Waals surface area contributed by atoms with E-state index >= 15 is 0 Å². The average Bonchev–Trinajstić information content (AvgIpc) is 2.78. The van der Waals surface area contributed by atoms with Crippen molar-refractivity contribution in [2.75, 3.05) is 13.3 Å². The highest BCUT2D eigenvalue weighted by atomic mass is 79.9. The Bertz CT molecular complexity index is 654. The molecule has 1 heterocycles. The zero-order valence-corrected chi connectivity index (χ0v) is 14.5. The van der Waals surface area contributed by atoms with Gasteiger partial charge in [0.25, 0.3) is 0 Å². The number of ether oxygens (including phenoxy) is 1. The summed E-state index contributed by atoms with van der Waals surface area (Å²) in [6.07, 6.45) is -4.71. The van der Waals surface area contributed by atoms with E-state index in [2.05, 4.69) is 15.9 Å². The molecule has 2 rings (SSSR count). The first-order chi connectivity index (χ1) is 10.8. The summed E-state index contributed by atoms with van der Waals surface area (Å²) in [5, 5.41) is 10.2. The van der Waals surface area contributed by atoms with Gasteiger partial charge in [-0.25, -0.2) is 0 Å². The van der Waals surface area contributed by atoms with E-state index in [-0.39, 0.29) is 24.2 Å². The molecule has 0 aliphatic carbocycles. The van der Waals surface area contributed by atoms with E-state index in [9.17, 15) is 18.4 Å². The van der Waals surface area contributed by atoms with Crippen molar-refractivity contribution in [3.8, 4) is 6.07 Å². The maximum absolute atomic E-state index is 13.4. The Morgan fingerprint density at radius 1 is 1.39 bits per heavy atom. The molecule has 0 aromatic heterocycles. The molecule has 124 valence electrons. The van der Waals surface area contributed by atoms with Crippen LogP contribution >= 0.6 is 27.5 Å². The summed E-state index contributed by atoms with van der Waals surface area (Å²) in [7, 11) is 0. The van der Waals surface area contributed by atoms with Gasteiger partial charge in [0.2, 0.25) is 0 Å². The Hall–Kier alpha value is -1.23. The second-order valence-corrected chi connectivity index (χ2v) is 6.35. The highest BCUT2D eigenvalue weighted by Gasteiger charge is 2.54. The van der Waals surface area contributed by atoms with Crippen LogP contribution in [0, 0.1) is 11.3 Å². The van der Waals surface area contributed by atoms with Gasteiger partial charge in [-0.15, -0.1) is 0 Å². The third-order valence-corrected chi connectivity index (χ3v) is 4.51. The minimum Gasteiger partial charge on any atom is -0.361 e. The van der Waals surface area contributed by atoms with Gasteiger partial charge in [-0.1, -0.05) is 39.7 Å². The Kier molecular flexibility index (Phi) is 5.29. The van der Waals surface area contributed by atoms with Crippen molar-refractivity contribution < 1.29 is 17.9 Å². The van der Waals surface area contributed by atoms with E-state index in [4.69, 9.17) is 16.3 Å². The van der Waals surface area contributed by atoms with E-state index in [1.165, 1.54) is 0 Å². The van der Waals surface area contributed by atoms with Crippen molar-refractivity contribution in [2.24, 2.45) is 0 Å². The lowest BCUT2D eigenvalue weighted by molar-refractivity contribution is -0.127. The summed E-state index contributed by atoms with van der Waals surface area (Å²) in [4.78, 5) is 0.962. The highest BCUT2D eigenvalue weighted by molar-refractivity contribution is 9.11. The molecule has 1 unspecified atom stereocenters. The van der Waals surface area contributed by atoms with Gasteiger partial charge >= 0.3 is 6.18 Å². The van der Waals surface area contributed by atoms with Crippen LogP contribution in [0.25, 0.3) is 0 Å². The lowest BCUT2D eigenvalue weighted by Crippen LogP contribution is -2.44. The number of halogens is 5. The monoisotopic (exact) mass is 408 g/mol. The van der Waals surface area contributed by atoms with Gasteiger partial charge in [0, 0.05) is 22.5 Å². The van der Waals surface area contributed by atoms with Crippen LogP contribution < -0.4 is 0 Å². The SMILES string of the molecule is CCOCN1C(C(F)(F)F)=C(Br)CC1(C#N)c1ccc(Cl)cc1. The molecule has 0 saturated carbocycles. The van der Waals surface area contributed by atoms with Crippen LogP contribution in [0.15, 0.2) is 34.4 Å². The molecule has 23 heavy (non-hydrogen) atoms. The molecule has 1 aromatic rings. The van der Waals surface area contributed by atoms with Crippen LogP contribution in [0.4, 0.5) is 13.2 Å². The van der Waals surface area contributed by atoms with Crippen LogP contribution in [0.5, 0.6) is 0 Å². The second-order valence-electron chi connectivity index (χ2n) is 4.96. The van der Waals surface area contributed by atoms with Crippen molar-refractivity contribution in [1.82, 2.24) is 4.90 Å². The molecule has 1 aromatic carbocycles. The fraction of sp³-hybridized carbons (Fsp3) is 0.400.